The highest BCUT2D eigenvalue weighted by atomic mass is 16.3. The second-order valence-electron chi connectivity index (χ2n) is 5.22. The number of fused-ring (bicyclic) bond motifs is 2. The summed E-state index contributed by atoms with van der Waals surface area (Å²) in [6, 6.07) is 0. The van der Waals surface area contributed by atoms with E-state index < -0.39 is 12.2 Å². The van der Waals surface area contributed by atoms with Crippen LogP contribution in [0.5, 0.6) is 0 Å². The molecule has 0 saturated heterocycles. The summed E-state index contributed by atoms with van der Waals surface area (Å²) in [5.74, 6) is 0.303. The van der Waals surface area contributed by atoms with Crippen LogP contribution in [0.15, 0.2) is 0 Å². The van der Waals surface area contributed by atoms with Crippen molar-refractivity contribution in [1.82, 2.24) is 0 Å². The van der Waals surface area contributed by atoms with Crippen LogP contribution >= 0.6 is 0 Å². The molecule has 2 N–H and O–H groups in total. The van der Waals surface area contributed by atoms with Crippen LogP contribution in [0.1, 0.15) is 33.6 Å². The summed E-state index contributed by atoms with van der Waals surface area (Å²) in [5.41, 5.74) is 0.0446. The van der Waals surface area contributed by atoms with Crippen LogP contribution in [0.4, 0.5) is 0 Å². The molecule has 4 atom stereocenters. The van der Waals surface area contributed by atoms with E-state index in [0.29, 0.717) is 5.92 Å². The highest BCUT2D eigenvalue weighted by Crippen LogP contribution is 2.65. The summed E-state index contributed by atoms with van der Waals surface area (Å²) in [6.45, 7) is 6.45. The second-order valence-corrected chi connectivity index (χ2v) is 5.22. The Hall–Kier alpha value is -0.0800. The molecular weight excluding hydrogens is 152 g/mol. The van der Waals surface area contributed by atoms with Crippen LogP contribution in [0.2, 0.25) is 0 Å². The molecule has 70 valence electrons. The molecule has 2 aliphatic carbocycles. The molecule has 0 amide bonds. The van der Waals surface area contributed by atoms with E-state index in [4.69, 9.17) is 0 Å². The molecule has 2 saturated carbocycles. The van der Waals surface area contributed by atoms with E-state index in [1.165, 1.54) is 0 Å². The molecule has 0 aromatic heterocycles. The minimum absolute atomic E-state index is 0.0584. The molecule has 2 rings (SSSR count). The first kappa shape index (κ1) is 8.52. The van der Waals surface area contributed by atoms with Crippen LogP contribution in [0.3, 0.4) is 0 Å². The van der Waals surface area contributed by atoms with Crippen molar-refractivity contribution in [1.29, 1.82) is 0 Å². The zero-order valence-electron chi connectivity index (χ0n) is 8.04. The van der Waals surface area contributed by atoms with E-state index in [0.717, 1.165) is 12.8 Å². The Kier molecular flexibility index (Phi) is 1.45. The van der Waals surface area contributed by atoms with Gasteiger partial charge >= 0.3 is 0 Å². The smallest absolute Gasteiger partial charge is 0.0860 e. The Balaban J connectivity index is 2.44. The SMILES string of the molecule is CC1(C)[C@@H]2CC[C@@]1(C)[C@@H](O)[C@H]2O. The fourth-order valence-electron chi connectivity index (χ4n) is 3.29. The first-order chi connectivity index (χ1) is 5.41. The number of aliphatic hydroxyl groups is 2. The van der Waals surface area contributed by atoms with Crippen molar-refractivity contribution < 1.29 is 10.2 Å². The fourth-order valence-corrected chi connectivity index (χ4v) is 3.29. The molecule has 0 spiro atoms. The summed E-state index contributed by atoms with van der Waals surface area (Å²) >= 11 is 0. The lowest BCUT2D eigenvalue weighted by Gasteiger charge is -2.36. The Morgan fingerprint density at radius 3 is 2.00 bits per heavy atom. The number of hydrogen-bond acceptors (Lipinski definition) is 2. The highest BCUT2D eigenvalue weighted by Gasteiger charge is 2.65. The molecule has 0 aliphatic heterocycles. The largest absolute Gasteiger partial charge is 0.390 e. The topological polar surface area (TPSA) is 40.5 Å². The summed E-state index contributed by atoms with van der Waals surface area (Å²) < 4.78 is 0. The summed E-state index contributed by atoms with van der Waals surface area (Å²) in [7, 11) is 0. The maximum atomic E-state index is 9.83. The van der Waals surface area contributed by atoms with E-state index in [2.05, 4.69) is 20.8 Å². The molecular formula is C10H18O2. The van der Waals surface area contributed by atoms with Gasteiger partial charge in [-0.2, -0.15) is 0 Å². The molecule has 2 fully saturated rings. The normalized spacial score (nSPS) is 56.2. The van der Waals surface area contributed by atoms with Gasteiger partial charge in [0.15, 0.2) is 0 Å². The van der Waals surface area contributed by atoms with Gasteiger partial charge in [0.05, 0.1) is 12.2 Å². The van der Waals surface area contributed by atoms with E-state index in [1.54, 1.807) is 0 Å². The Morgan fingerprint density at radius 1 is 1.17 bits per heavy atom. The van der Waals surface area contributed by atoms with Crippen LogP contribution in [0.25, 0.3) is 0 Å². The van der Waals surface area contributed by atoms with Gasteiger partial charge in [-0.1, -0.05) is 20.8 Å². The first-order valence-electron chi connectivity index (χ1n) is 4.77. The van der Waals surface area contributed by atoms with Gasteiger partial charge in [-0.3, -0.25) is 0 Å². The Labute approximate surface area is 73.6 Å². The maximum absolute atomic E-state index is 9.83. The van der Waals surface area contributed by atoms with Crippen molar-refractivity contribution in [3.8, 4) is 0 Å². The molecule has 2 heteroatoms. The third kappa shape index (κ3) is 0.647. The van der Waals surface area contributed by atoms with E-state index in [1.807, 2.05) is 0 Å². The number of hydrogen-bond donors (Lipinski definition) is 2. The van der Waals surface area contributed by atoms with E-state index in [9.17, 15) is 10.2 Å². The van der Waals surface area contributed by atoms with Crippen molar-refractivity contribution in [3.05, 3.63) is 0 Å². The molecule has 2 bridgehead atoms. The van der Waals surface area contributed by atoms with Crippen LogP contribution in [-0.2, 0) is 0 Å². The number of rotatable bonds is 0. The van der Waals surface area contributed by atoms with Crippen LogP contribution in [0, 0.1) is 16.7 Å². The highest BCUT2D eigenvalue weighted by molar-refractivity contribution is 5.14. The summed E-state index contributed by atoms with van der Waals surface area (Å²) in [6.07, 6.45) is 1.13. The van der Waals surface area contributed by atoms with Gasteiger partial charge in [-0.15, -0.1) is 0 Å². The molecule has 12 heavy (non-hydrogen) atoms. The van der Waals surface area contributed by atoms with Gasteiger partial charge in [0.2, 0.25) is 0 Å². The van der Waals surface area contributed by atoms with E-state index in [-0.39, 0.29) is 10.8 Å². The molecule has 2 nitrogen and oxygen atoms in total. The fraction of sp³-hybridized carbons (Fsp3) is 1.00. The molecule has 0 aromatic carbocycles. The Morgan fingerprint density at radius 2 is 1.75 bits per heavy atom. The van der Waals surface area contributed by atoms with Crippen LogP contribution in [-0.4, -0.2) is 22.4 Å². The van der Waals surface area contributed by atoms with Gasteiger partial charge in [0.1, 0.15) is 0 Å². The van der Waals surface area contributed by atoms with Crippen molar-refractivity contribution >= 4 is 0 Å². The third-order valence-electron chi connectivity index (χ3n) is 4.76. The zero-order chi connectivity index (χ0) is 9.15. The van der Waals surface area contributed by atoms with Crippen molar-refractivity contribution in [2.24, 2.45) is 16.7 Å². The summed E-state index contributed by atoms with van der Waals surface area (Å²) in [5, 5.41) is 19.6. The predicted molar refractivity (Wildman–Crippen MR) is 46.6 cm³/mol. The van der Waals surface area contributed by atoms with Crippen LogP contribution < -0.4 is 0 Å². The monoisotopic (exact) mass is 170 g/mol. The quantitative estimate of drug-likeness (QED) is 0.573. The molecule has 2 aliphatic rings. The molecule has 0 heterocycles. The van der Waals surface area contributed by atoms with Gasteiger partial charge in [-0.05, 0) is 24.2 Å². The average Bonchev–Trinajstić information content (AvgIpc) is 2.26. The molecule has 0 unspecified atom stereocenters. The standard InChI is InChI=1S/C10H18O2/c1-9(2)6-4-5-10(9,3)8(12)7(6)11/h6-8,11-12H,4-5H2,1-3H3/t6-,7+,8+,10+/m1/s1. The van der Waals surface area contributed by atoms with Crippen molar-refractivity contribution in [2.75, 3.05) is 0 Å². The van der Waals surface area contributed by atoms with E-state index >= 15 is 0 Å². The van der Waals surface area contributed by atoms with Gasteiger partial charge in [0, 0.05) is 5.41 Å². The number of aliphatic hydroxyl groups excluding tert-OH is 2. The minimum Gasteiger partial charge on any atom is -0.390 e. The van der Waals surface area contributed by atoms with Crippen molar-refractivity contribution in [3.63, 3.8) is 0 Å². The lowest BCUT2D eigenvalue weighted by Crippen LogP contribution is -2.39. The summed E-state index contributed by atoms with van der Waals surface area (Å²) in [4.78, 5) is 0. The Bertz CT molecular complexity index is 212. The average molecular weight is 170 g/mol. The third-order valence-corrected chi connectivity index (χ3v) is 4.76. The second kappa shape index (κ2) is 2.05. The van der Waals surface area contributed by atoms with Gasteiger partial charge < -0.3 is 10.2 Å². The molecule has 0 aromatic rings. The zero-order valence-corrected chi connectivity index (χ0v) is 8.04. The molecule has 0 radical (unpaired) electrons. The van der Waals surface area contributed by atoms with Gasteiger partial charge in [0.25, 0.3) is 0 Å². The van der Waals surface area contributed by atoms with Crippen molar-refractivity contribution in [2.45, 2.75) is 45.8 Å². The lowest BCUT2D eigenvalue weighted by atomic mass is 9.70. The predicted octanol–water partition coefficient (Wildman–Crippen LogP) is 1.16. The first-order valence-corrected chi connectivity index (χ1v) is 4.77. The minimum atomic E-state index is -0.508. The lowest BCUT2D eigenvalue weighted by molar-refractivity contribution is -0.0508. The van der Waals surface area contributed by atoms with Gasteiger partial charge in [-0.25, -0.2) is 0 Å². The maximum Gasteiger partial charge on any atom is 0.0860 e.